The monoisotopic (exact) mass is 301 g/mol. The molecule has 0 saturated carbocycles. The van der Waals surface area contributed by atoms with Crippen molar-refractivity contribution in [3.8, 4) is 5.75 Å². The predicted octanol–water partition coefficient (Wildman–Crippen LogP) is 1.73. The molecule has 0 aliphatic carbocycles. The fraction of sp³-hybridized carbons (Fsp3) is 0.267. The molecule has 1 aliphatic rings. The van der Waals surface area contributed by atoms with E-state index in [-0.39, 0.29) is 11.6 Å². The van der Waals surface area contributed by atoms with Crippen molar-refractivity contribution in [3.63, 3.8) is 0 Å². The van der Waals surface area contributed by atoms with Gasteiger partial charge in [0.1, 0.15) is 11.6 Å². The summed E-state index contributed by atoms with van der Waals surface area (Å²) in [5.74, 6) is -0.846. The second-order valence-corrected chi connectivity index (χ2v) is 5.11. The summed E-state index contributed by atoms with van der Waals surface area (Å²) < 4.78 is 1.42. The number of para-hydroxylation sites is 2. The first-order valence-corrected chi connectivity index (χ1v) is 7.00. The van der Waals surface area contributed by atoms with Gasteiger partial charge >= 0.3 is 5.97 Å². The van der Waals surface area contributed by atoms with Crippen LogP contribution in [0, 0.1) is 0 Å². The van der Waals surface area contributed by atoms with E-state index in [9.17, 15) is 19.8 Å². The summed E-state index contributed by atoms with van der Waals surface area (Å²) in [5.41, 5.74) is -0.665. The molecule has 0 spiro atoms. The number of anilines is 2. The van der Waals surface area contributed by atoms with E-state index in [1.807, 2.05) is 0 Å². The van der Waals surface area contributed by atoms with Gasteiger partial charge in [-0.3, -0.25) is 9.36 Å². The fourth-order valence-electron chi connectivity index (χ4n) is 2.56. The lowest BCUT2D eigenvalue weighted by Gasteiger charge is -2.20. The summed E-state index contributed by atoms with van der Waals surface area (Å²) in [6.45, 7) is 0.484. The number of phenolic OH excluding ortho intramolecular Hbond substituents is 1. The van der Waals surface area contributed by atoms with Gasteiger partial charge in [-0.25, -0.2) is 9.78 Å². The number of rotatable bonds is 3. The molecule has 1 aliphatic heterocycles. The number of benzene rings is 1. The molecular formula is C15H15N3O4. The van der Waals surface area contributed by atoms with Gasteiger partial charge in [-0.1, -0.05) is 12.1 Å². The topological polar surface area (TPSA) is 104 Å². The van der Waals surface area contributed by atoms with Gasteiger partial charge in [0.15, 0.2) is 11.4 Å². The van der Waals surface area contributed by atoms with Crippen LogP contribution in [0.1, 0.15) is 29.0 Å². The van der Waals surface area contributed by atoms with E-state index in [2.05, 4.69) is 10.3 Å². The highest BCUT2D eigenvalue weighted by Gasteiger charge is 2.23. The van der Waals surface area contributed by atoms with Crippen LogP contribution in [0.5, 0.6) is 5.75 Å². The quantitative estimate of drug-likeness (QED) is 0.746. The Morgan fingerprint density at radius 1 is 1.27 bits per heavy atom. The fourth-order valence-corrected chi connectivity index (χ4v) is 2.56. The van der Waals surface area contributed by atoms with Gasteiger partial charge in [0.25, 0.3) is 5.56 Å². The van der Waals surface area contributed by atoms with Crippen molar-refractivity contribution in [2.75, 3.05) is 5.32 Å². The first kappa shape index (κ1) is 14.1. The largest absolute Gasteiger partial charge is 0.506 e. The lowest BCUT2D eigenvalue weighted by molar-refractivity contribution is 0.0694. The Bertz CT molecular complexity index is 798. The third kappa shape index (κ3) is 2.41. The van der Waals surface area contributed by atoms with Crippen molar-refractivity contribution in [1.82, 2.24) is 9.55 Å². The third-order valence-electron chi connectivity index (χ3n) is 3.65. The molecule has 1 aromatic carbocycles. The summed E-state index contributed by atoms with van der Waals surface area (Å²) in [4.78, 5) is 28.1. The summed E-state index contributed by atoms with van der Waals surface area (Å²) >= 11 is 0. The minimum atomic E-state index is -1.34. The maximum atomic E-state index is 12.4. The maximum absolute atomic E-state index is 12.4. The second kappa shape index (κ2) is 5.51. The maximum Gasteiger partial charge on any atom is 0.345 e. The number of hydrogen-bond donors (Lipinski definition) is 3. The lowest BCUT2D eigenvalue weighted by Crippen LogP contribution is -2.33. The third-order valence-corrected chi connectivity index (χ3v) is 3.65. The van der Waals surface area contributed by atoms with Gasteiger partial charge in [0.05, 0.1) is 5.69 Å². The van der Waals surface area contributed by atoms with Crippen molar-refractivity contribution < 1.29 is 15.0 Å². The van der Waals surface area contributed by atoms with Gasteiger partial charge in [-0.15, -0.1) is 0 Å². The first-order valence-electron chi connectivity index (χ1n) is 7.00. The van der Waals surface area contributed by atoms with Crippen molar-refractivity contribution >= 4 is 17.5 Å². The van der Waals surface area contributed by atoms with Crippen LogP contribution in [0.25, 0.3) is 0 Å². The standard InChI is InChI=1S/C15H15N3O4/c19-10-6-2-1-5-9(10)16-13-12(15(21)22)14(20)18-8-4-3-7-11(18)17-13/h1-2,5-6,16,19H,3-4,7-8H2,(H,21,22). The number of carboxylic acid groups (broad SMARTS) is 1. The highest BCUT2D eigenvalue weighted by atomic mass is 16.4. The van der Waals surface area contributed by atoms with Crippen molar-refractivity contribution in [1.29, 1.82) is 0 Å². The molecule has 2 heterocycles. The second-order valence-electron chi connectivity index (χ2n) is 5.11. The highest BCUT2D eigenvalue weighted by Crippen LogP contribution is 2.26. The molecule has 0 unspecified atom stereocenters. The molecule has 0 amide bonds. The average Bonchev–Trinajstić information content (AvgIpc) is 2.49. The van der Waals surface area contributed by atoms with Crippen molar-refractivity contribution in [3.05, 3.63) is 46.0 Å². The SMILES string of the molecule is O=C(O)c1c(Nc2ccccc2O)nc2n(c1=O)CCCC2. The average molecular weight is 301 g/mol. The van der Waals surface area contributed by atoms with Crippen LogP contribution < -0.4 is 10.9 Å². The van der Waals surface area contributed by atoms with Gasteiger partial charge in [-0.2, -0.15) is 0 Å². The van der Waals surface area contributed by atoms with Gasteiger partial charge < -0.3 is 15.5 Å². The van der Waals surface area contributed by atoms with Gasteiger partial charge in [0.2, 0.25) is 0 Å². The number of nitrogens with zero attached hydrogens (tertiary/aromatic N) is 2. The summed E-state index contributed by atoms with van der Waals surface area (Å²) in [5, 5.41) is 21.9. The zero-order valence-electron chi connectivity index (χ0n) is 11.7. The number of hydrogen-bond acceptors (Lipinski definition) is 5. The molecule has 7 nitrogen and oxygen atoms in total. The van der Waals surface area contributed by atoms with E-state index in [0.717, 1.165) is 12.8 Å². The molecule has 0 atom stereocenters. The molecule has 0 saturated heterocycles. The summed E-state index contributed by atoms with van der Waals surface area (Å²) in [6, 6.07) is 6.38. The Morgan fingerprint density at radius 3 is 2.77 bits per heavy atom. The number of aromatic nitrogens is 2. The molecule has 3 rings (SSSR count). The molecule has 0 bridgehead atoms. The van der Waals surface area contributed by atoms with Crippen LogP contribution in [0.2, 0.25) is 0 Å². The van der Waals surface area contributed by atoms with E-state index in [0.29, 0.717) is 24.5 Å². The van der Waals surface area contributed by atoms with Crippen LogP contribution in [0.15, 0.2) is 29.1 Å². The molecule has 114 valence electrons. The number of carboxylic acids is 1. The van der Waals surface area contributed by atoms with E-state index < -0.39 is 17.1 Å². The van der Waals surface area contributed by atoms with E-state index in [4.69, 9.17) is 0 Å². The van der Waals surface area contributed by atoms with Crippen LogP contribution in [0.3, 0.4) is 0 Å². The van der Waals surface area contributed by atoms with Crippen LogP contribution in [0.4, 0.5) is 11.5 Å². The molecule has 2 aromatic rings. The molecular weight excluding hydrogens is 286 g/mol. The number of aromatic hydroxyl groups is 1. The molecule has 22 heavy (non-hydrogen) atoms. The smallest absolute Gasteiger partial charge is 0.345 e. The van der Waals surface area contributed by atoms with Crippen LogP contribution in [-0.4, -0.2) is 25.7 Å². The van der Waals surface area contributed by atoms with E-state index >= 15 is 0 Å². The van der Waals surface area contributed by atoms with Gasteiger partial charge in [-0.05, 0) is 25.0 Å². The number of carbonyl (C=O) groups is 1. The van der Waals surface area contributed by atoms with Crippen molar-refractivity contribution in [2.24, 2.45) is 0 Å². The van der Waals surface area contributed by atoms with Crippen LogP contribution in [-0.2, 0) is 13.0 Å². The molecule has 0 radical (unpaired) electrons. The highest BCUT2D eigenvalue weighted by molar-refractivity contribution is 5.93. The Hall–Kier alpha value is -2.83. The van der Waals surface area contributed by atoms with E-state index in [1.165, 1.54) is 10.6 Å². The predicted molar refractivity (Wildman–Crippen MR) is 79.8 cm³/mol. The number of phenols is 1. The zero-order valence-corrected chi connectivity index (χ0v) is 11.7. The van der Waals surface area contributed by atoms with Crippen LogP contribution >= 0.6 is 0 Å². The minimum Gasteiger partial charge on any atom is -0.506 e. The summed E-state index contributed by atoms with van der Waals surface area (Å²) in [6.07, 6.45) is 2.37. The molecule has 1 aromatic heterocycles. The molecule has 0 fully saturated rings. The zero-order chi connectivity index (χ0) is 15.7. The Morgan fingerprint density at radius 2 is 2.05 bits per heavy atom. The van der Waals surface area contributed by atoms with E-state index in [1.54, 1.807) is 18.2 Å². The van der Waals surface area contributed by atoms with Gasteiger partial charge in [0, 0.05) is 13.0 Å². The summed E-state index contributed by atoms with van der Waals surface area (Å²) in [7, 11) is 0. The minimum absolute atomic E-state index is 0.0350. The number of aryl methyl sites for hydroxylation is 1. The lowest BCUT2D eigenvalue weighted by atomic mass is 10.1. The Labute approximate surface area is 125 Å². The number of aromatic carboxylic acids is 1. The van der Waals surface area contributed by atoms with Crippen molar-refractivity contribution in [2.45, 2.75) is 25.8 Å². The molecule has 3 N–H and O–H groups in total. The number of fused-ring (bicyclic) bond motifs is 1. The Kier molecular flexibility index (Phi) is 3.54. The normalized spacial score (nSPS) is 13.5. The number of nitrogens with one attached hydrogen (secondary N) is 1. The first-order chi connectivity index (χ1) is 10.6. The molecule has 7 heteroatoms. The Balaban J connectivity index is 2.14.